The van der Waals surface area contributed by atoms with E-state index in [1.807, 2.05) is 0 Å². The van der Waals surface area contributed by atoms with Crippen molar-refractivity contribution in [3.63, 3.8) is 0 Å². The highest BCUT2D eigenvalue weighted by atomic mass is 32.2. The second-order valence-electron chi connectivity index (χ2n) is 3.78. The van der Waals surface area contributed by atoms with E-state index in [9.17, 15) is 13.0 Å². The maximum atomic E-state index is 11.5. The number of nitrogen functional groups attached to an aromatic ring is 1. The first kappa shape index (κ1) is 13.2. The molecule has 6 nitrogen and oxygen atoms in total. The minimum atomic E-state index is -4.50. The van der Waals surface area contributed by atoms with Gasteiger partial charge in [-0.25, -0.2) is 0 Å². The number of nitrogens with one attached hydrogen (secondary N) is 1. The summed E-state index contributed by atoms with van der Waals surface area (Å²) in [4.78, 5) is 0. The fraction of sp³-hybridized carbons (Fsp3) is 0. The van der Waals surface area contributed by atoms with Crippen molar-refractivity contribution >= 4 is 27.4 Å². The Hall–Kier alpha value is -2.25. The van der Waals surface area contributed by atoms with Crippen molar-refractivity contribution in [2.45, 2.75) is 0 Å². The average Bonchev–Trinajstić information content (AvgIpc) is 2.37. The highest BCUT2D eigenvalue weighted by Crippen LogP contribution is 2.25. The summed E-state index contributed by atoms with van der Waals surface area (Å²) < 4.78 is 32.8. The van der Waals surface area contributed by atoms with Crippen LogP contribution in [0.15, 0.2) is 54.6 Å². The van der Waals surface area contributed by atoms with Crippen molar-refractivity contribution in [2.24, 2.45) is 0 Å². The van der Waals surface area contributed by atoms with E-state index in [0.717, 1.165) is 0 Å². The van der Waals surface area contributed by atoms with Gasteiger partial charge in [-0.1, -0.05) is 30.3 Å². The lowest BCUT2D eigenvalue weighted by molar-refractivity contribution is 0.481. The Bertz CT molecular complexity index is 659. The van der Waals surface area contributed by atoms with Crippen LogP contribution < -0.4 is 15.6 Å². The van der Waals surface area contributed by atoms with Crippen molar-refractivity contribution in [3.05, 3.63) is 54.6 Å². The standard InChI is InChI=1S/C12H13N3O3S/c13-11-8-4-5-9-12(11)15(19(16,17)18)14-10-6-2-1-3-7-10/h1-9,14H,13H2,(H,16,17,18). The maximum Gasteiger partial charge on any atom is 0.377 e. The summed E-state index contributed by atoms with van der Waals surface area (Å²) in [6.45, 7) is 0. The molecule has 4 N–H and O–H groups in total. The van der Waals surface area contributed by atoms with Gasteiger partial charge in [0.15, 0.2) is 0 Å². The smallest absolute Gasteiger partial charge is 0.377 e. The van der Waals surface area contributed by atoms with Crippen LogP contribution in [0, 0.1) is 0 Å². The lowest BCUT2D eigenvalue weighted by Crippen LogP contribution is -2.36. The summed E-state index contributed by atoms with van der Waals surface area (Å²) in [7, 11) is -4.50. The highest BCUT2D eigenvalue weighted by molar-refractivity contribution is 7.87. The van der Waals surface area contributed by atoms with Crippen LogP contribution in [-0.2, 0) is 10.3 Å². The van der Waals surface area contributed by atoms with Gasteiger partial charge in [-0.05, 0) is 24.3 Å². The van der Waals surface area contributed by atoms with Crippen LogP contribution in [0.2, 0.25) is 0 Å². The average molecular weight is 279 g/mol. The highest BCUT2D eigenvalue weighted by Gasteiger charge is 2.21. The lowest BCUT2D eigenvalue weighted by Gasteiger charge is -2.23. The summed E-state index contributed by atoms with van der Waals surface area (Å²) in [5.74, 6) is 0. The van der Waals surface area contributed by atoms with Crippen LogP contribution in [0.1, 0.15) is 0 Å². The number of para-hydroxylation sites is 3. The van der Waals surface area contributed by atoms with Gasteiger partial charge in [0.25, 0.3) is 0 Å². The van der Waals surface area contributed by atoms with E-state index in [1.54, 1.807) is 48.5 Å². The zero-order chi connectivity index (χ0) is 13.9. The van der Waals surface area contributed by atoms with Crippen LogP contribution >= 0.6 is 0 Å². The Morgan fingerprint density at radius 2 is 1.58 bits per heavy atom. The monoisotopic (exact) mass is 279 g/mol. The molecule has 0 aliphatic heterocycles. The molecule has 2 rings (SSSR count). The van der Waals surface area contributed by atoms with E-state index in [4.69, 9.17) is 5.73 Å². The fourth-order valence-corrected chi connectivity index (χ4v) is 2.18. The molecule has 2 aromatic carbocycles. The van der Waals surface area contributed by atoms with E-state index in [1.165, 1.54) is 6.07 Å². The molecule has 0 unspecified atom stereocenters. The third kappa shape index (κ3) is 3.15. The van der Waals surface area contributed by atoms with Crippen LogP contribution in [0.4, 0.5) is 17.1 Å². The number of hydrogen-bond acceptors (Lipinski definition) is 4. The molecule has 19 heavy (non-hydrogen) atoms. The van der Waals surface area contributed by atoms with Gasteiger partial charge >= 0.3 is 10.3 Å². The van der Waals surface area contributed by atoms with E-state index < -0.39 is 10.3 Å². The maximum absolute atomic E-state index is 11.5. The summed E-state index contributed by atoms with van der Waals surface area (Å²) in [5.41, 5.74) is 9.18. The molecule has 0 heterocycles. The minimum absolute atomic E-state index is 0.147. The number of rotatable bonds is 4. The van der Waals surface area contributed by atoms with Crippen LogP contribution in [0.5, 0.6) is 0 Å². The van der Waals surface area contributed by atoms with Crippen molar-refractivity contribution in [2.75, 3.05) is 15.6 Å². The minimum Gasteiger partial charge on any atom is -0.397 e. The van der Waals surface area contributed by atoms with E-state index in [2.05, 4.69) is 5.43 Å². The van der Waals surface area contributed by atoms with Gasteiger partial charge in [0.2, 0.25) is 0 Å². The number of benzene rings is 2. The quantitative estimate of drug-likeness (QED) is 0.451. The second kappa shape index (κ2) is 5.17. The zero-order valence-corrected chi connectivity index (χ0v) is 10.7. The molecule has 0 fully saturated rings. The molecule has 0 aromatic heterocycles. The van der Waals surface area contributed by atoms with Crippen molar-refractivity contribution in [1.29, 1.82) is 0 Å². The summed E-state index contributed by atoms with van der Waals surface area (Å²) in [6, 6.07) is 14.9. The molecule has 0 radical (unpaired) electrons. The molecule has 0 aliphatic rings. The lowest BCUT2D eigenvalue weighted by atomic mass is 10.3. The Morgan fingerprint density at radius 3 is 2.16 bits per heavy atom. The molecule has 0 saturated heterocycles. The molecule has 100 valence electrons. The van der Waals surface area contributed by atoms with Gasteiger partial charge < -0.3 is 5.73 Å². The topological polar surface area (TPSA) is 95.7 Å². The van der Waals surface area contributed by atoms with Gasteiger partial charge in [-0.3, -0.25) is 9.98 Å². The van der Waals surface area contributed by atoms with E-state index in [0.29, 0.717) is 10.1 Å². The molecule has 0 atom stereocenters. The number of hydrazine groups is 1. The molecule has 0 aliphatic carbocycles. The molecule has 0 spiro atoms. The number of hydrogen-bond donors (Lipinski definition) is 3. The molecular formula is C12H13N3O3S. The van der Waals surface area contributed by atoms with Crippen LogP contribution in [0.3, 0.4) is 0 Å². The van der Waals surface area contributed by atoms with Gasteiger partial charge in [0.05, 0.1) is 11.4 Å². The Labute approximate surface area is 111 Å². The summed E-state index contributed by atoms with van der Waals surface area (Å²) >= 11 is 0. The van der Waals surface area contributed by atoms with Gasteiger partial charge in [-0.2, -0.15) is 12.8 Å². The number of nitrogens with zero attached hydrogens (tertiary/aromatic N) is 1. The predicted molar refractivity (Wildman–Crippen MR) is 74.9 cm³/mol. The van der Waals surface area contributed by atoms with Crippen molar-refractivity contribution in [3.8, 4) is 0 Å². The largest absolute Gasteiger partial charge is 0.397 e. The first-order valence-electron chi connectivity index (χ1n) is 5.42. The third-order valence-corrected chi connectivity index (χ3v) is 3.14. The van der Waals surface area contributed by atoms with E-state index >= 15 is 0 Å². The predicted octanol–water partition coefficient (Wildman–Crippen LogP) is 1.91. The molecule has 7 heteroatoms. The number of anilines is 3. The van der Waals surface area contributed by atoms with Crippen LogP contribution in [0.25, 0.3) is 0 Å². The van der Waals surface area contributed by atoms with Crippen molar-refractivity contribution < 1.29 is 13.0 Å². The second-order valence-corrected chi connectivity index (χ2v) is 5.04. The van der Waals surface area contributed by atoms with Gasteiger partial charge in [0.1, 0.15) is 5.69 Å². The first-order chi connectivity index (χ1) is 8.98. The first-order valence-corrected chi connectivity index (χ1v) is 6.82. The normalized spacial score (nSPS) is 11.0. The SMILES string of the molecule is Nc1ccccc1N(Nc1ccccc1)S(=O)(=O)O. The van der Waals surface area contributed by atoms with Crippen LogP contribution in [-0.4, -0.2) is 13.0 Å². The van der Waals surface area contributed by atoms with E-state index in [-0.39, 0.29) is 11.4 Å². The molecule has 0 amide bonds. The fourth-order valence-electron chi connectivity index (χ4n) is 1.54. The van der Waals surface area contributed by atoms with Gasteiger partial charge in [-0.15, -0.1) is 0 Å². The molecule has 0 bridgehead atoms. The Morgan fingerprint density at radius 1 is 1.00 bits per heavy atom. The molecular weight excluding hydrogens is 266 g/mol. The third-order valence-electron chi connectivity index (χ3n) is 2.39. The van der Waals surface area contributed by atoms with Gasteiger partial charge in [0, 0.05) is 0 Å². The Balaban J connectivity index is 2.41. The summed E-state index contributed by atoms with van der Waals surface area (Å²) in [5, 5.41) is 0. The molecule has 0 saturated carbocycles. The number of nitrogens with two attached hydrogens (primary N) is 1. The summed E-state index contributed by atoms with van der Waals surface area (Å²) in [6.07, 6.45) is 0. The zero-order valence-electron chi connectivity index (χ0n) is 9.89. The molecule has 2 aromatic rings. The Kier molecular flexibility index (Phi) is 3.59. The van der Waals surface area contributed by atoms with Crippen molar-refractivity contribution in [1.82, 2.24) is 0 Å².